The Morgan fingerprint density at radius 1 is 1.57 bits per heavy atom. The van der Waals surface area contributed by atoms with Crippen molar-refractivity contribution in [3.8, 4) is 0 Å². The van der Waals surface area contributed by atoms with Crippen LogP contribution in [0.4, 0.5) is 0 Å². The summed E-state index contributed by atoms with van der Waals surface area (Å²) in [5.41, 5.74) is 0.166. The summed E-state index contributed by atoms with van der Waals surface area (Å²) >= 11 is 3.91. The molecule has 5 heteroatoms. The highest BCUT2D eigenvalue weighted by Crippen LogP contribution is 2.44. The molecular formula is C16H26N2OS2. The minimum absolute atomic E-state index is 0.166. The molecule has 1 aromatic heterocycles. The number of rotatable bonds is 5. The first-order chi connectivity index (χ1) is 10.2. The predicted molar refractivity (Wildman–Crippen MR) is 91.2 cm³/mol. The van der Waals surface area contributed by atoms with Crippen molar-refractivity contribution in [2.45, 2.75) is 51.2 Å². The fourth-order valence-electron chi connectivity index (χ4n) is 3.53. The normalized spacial score (nSPS) is 30.9. The van der Waals surface area contributed by atoms with E-state index in [9.17, 15) is 0 Å². The standard InChI is InChI=1S/C16H26N2OS2/c1-3-6-17-15(14-10-18-12(2)21-14)13-4-7-19-16(9-13)5-8-20-11-16/h10,13,15,17H,3-9,11H2,1-2H3. The highest BCUT2D eigenvalue weighted by Gasteiger charge is 2.42. The maximum atomic E-state index is 6.19. The molecule has 118 valence electrons. The molecule has 3 heterocycles. The lowest BCUT2D eigenvalue weighted by Gasteiger charge is -2.41. The van der Waals surface area contributed by atoms with Crippen molar-refractivity contribution < 1.29 is 4.74 Å². The van der Waals surface area contributed by atoms with Crippen molar-refractivity contribution in [1.82, 2.24) is 10.3 Å². The first-order valence-electron chi connectivity index (χ1n) is 8.10. The fourth-order valence-corrected chi connectivity index (χ4v) is 5.87. The van der Waals surface area contributed by atoms with Crippen LogP contribution in [0.2, 0.25) is 0 Å². The zero-order chi connectivity index (χ0) is 14.7. The molecule has 2 aliphatic rings. The molecule has 21 heavy (non-hydrogen) atoms. The van der Waals surface area contributed by atoms with Gasteiger partial charge in [-0.1, -0.05) is 6.92 Å². The van der Waals surface area contributed by atoms with Crippen molar-refractivity contribution >= 4 is 23.1 Å². The molecule has 1 aromatic rings. The lowest BCUT2D eigenvalue weighted by Crippen LogP contribution is -2.43. The second kappa shape index (κ2) is 6.99. The van der Waals surface area contributed by atoms with E-state index in [0.717, 1.165) is 13.2 Å². The van der Waals surface area contributed by atoms with Gasteiger partial charge in [-0.3, -0.25) is 0 Å². The number of aromatic nitrogens is 1. The fraction of sp³-hybridized carbons (Fsp3) is 0.812. The van der Waals surface area contributed by atoms with Crippen LogP contribution in [0.3, 0.4) is 0 Å². The molecule has 0 bridgehead atoms. The van der Waals surface area contributed by atoms with Crippen LogP contribution in [-0.2, 0) is 4.74 Å². The van der Waals surface area contributed by atoms with Crippen LogP contribution in [0.1, 0.15) is 48.5 Å². The van der Waals surface area contributed by atoms with Gasteiger partial charge in [0.1, 0.15) is 0 Å². The first-order valence-corrected chi connectivity index (χ1v) is 10.1. The largest absolute Gasteiger partial charge is 0.374 e. The summed E-state index contributed by atoms with van der Waals surface area (Å²) in [5, 5.41) is 4.96. The molecule has 2 fully saturated rings. The molecule has 3 atom stereocenters. The van der Waals surface area contributed by atoms with Crippen molar-refractivity contribution in [3.63, 3.8) is 0 Å². The van der Waals surface area contributed by atoms with Gasteiger partial charge in [-0.05, 0) is 50.8 Å². The summed E-state index contributed by atoms with van der Waals surface area (Å²) in [7, 11) is 0. The van der Waals surface area contributed by atoms with Crippen LogP contribution in [0, 0.1) is 12.8 Å². The van der Waals surface area contributed by atoms with Gasteiger partial charge in [0.05, 0.1) is 10.6 Å². The molecule has 0 aliphatic carbocycles. The summed E-state index contributed by atoms with van der Waals surface area (Å²) in [6.45, 7) is 6.35. The van der Waals surface area contributed by atoms with E-state index in [-0.39, 0.29) is 5.60 Å². The number of ether oxygens (including phenoxy) is 1. The van der Waals surface area contributed by atoms with E-state index >= 15 is 0 Å². The second-order valence-electron chi connectivity index (χ2n) is 6.30. The van der Waals surface area contributed by atoms with Gasteiger partial charge in [0.2, 0.25) is 0 Å². The molecule has 0 radical (unpaired) electrons. The van der Waals surface area contributed by atoms with E-state index in [1.807, 2.05) is 11.3 Å². The van der Waals surface area contributed by atoms with E-state index in [1.165, 1.54) is 47.1 Å². The van der Waals surface area contributed by atoms with E-state index in [2.05, 4.69) is 42.1 Å². The molecule has 2 saturated heterocycles. The average Bonchev–Trinajstić information content (AvgIpc) is 3.10. The molecule has 1 spiro atoms. The maximum absolute atomic E-state index is 6.19. The Morgan fingerprint density at radius 3 is 3.14 bits per heavy atom. The van der Waals surface area contributed by atoms with Gasteiger partial charge in [-0.2, -0.15) is 11.8 Å². The van der Waals surface area contributed by atoms with Crippen LogP contribution in [-0.4, -0.2) is 35.2 Å². The topological polar surface area (TPSA) is 34.2 Å². The Bertz CT molecular complexity index is 457. The van der Waals surface area contributed by atoms with Gasteiger partial charge in [-0.25, -0.2) is 4.98 Å². The molecule has 3 rings (SSSR count). The molecule has 2 aliphatic heterocycles. The number of hydrogen-bond donors (Lipinski definition) is 1. The Kier molecular flexibility index (Phi) is 5.25. The average molecular weight is 327 g/mol. The van der Waals surface area contributed by atoms with Crippen LogP contribution < -0.4 is 5.32 Å². The van der Waals surface area contributed by atoms with Crippen LogP contribution >= 0.6 is 23.1 Å². The van der Waals surface area contributed by atoms with Gasteiger partial charge in [-0.15, -0.1) is 11.3 Å². The number of hydrogen-bond acceptors (Lipinski definition) is 5. The van der Waals surface area contributed by atoms with Crippen LogP contribution in [0.5, 0.6) is 0 Å². The zero-order valence-corrected chi connectivity index (χ0v) is 14.7. The van der Waals surface area contributed by atoms with E-state index in [1.54, 1.807) is 0 Å². The number of aryl methyl sites for hydroxylation is 1. The lowest BCUT2D eigenvalue weighted by molar-refractivity contribution is -0.0852. The molecule has 3 nitrogen and oxygen atoms in total. The summed E-state index contributed by atoms with van der Waals surface area (Å²) in [6.07, 6.45) is 6.87. The first kappa shape index (κ1) is 15.8. The van der Waals surface area contributed by atoms with Crippen molar-refractivity contribution in [2.24, 2.45) is 5.92 Å². The number of nitrogens with zero attached hydrogens (tertiary/aromatic N) is 1. The Labute approximate surface area is 136 Å². The Morgan fingerprint density at radius 2 is 2.48 bits per heavy atom. The number of nitrogens with one attached hydrogen (secondary N) is 1. The molecule has 3 unspecified atom stereocenters. The summed E-state index contributed by atoms with van der Waals surface area (Å²) in [6, 6.07) is 0.461. The predicted octanol–water partition coefficient (Wildman–Crippen LogP) is 3.79. The maximum Gasteiger partial charge on any atom is 0.0897 e. The van der Waals surface area contributed by atoms with Gasteiger partial charge in [0.15, 0.2) is 0 Å². The quantitative estimate of drug-likeness (QED) is 0.892. The highest BCUT2D eigenvalue weighted by molar-refractivity contribution is 7.99. The Balaban J connectivity index is 1.75. The molecular weight excluding hydrogens is 300 g/mol. The summed E-state index contributed by atoms with van der Waals surface area (Å²) < 4.78 is 6.19. The third kappa shape index (κ3) is 3.63. The van der Waals surface area contributed by atoms with Crippen molar-refractivity contribution in [3.05, 3.63) is 16.1 Å². The van der Waals surface area contributed by atoms with Gasteiger partial charge >= 0.3 is 0 Å². The minimum atomic E-state index is 0.166. The van der Waals surface area contributed by atoms with Crippen LogP contribution in [0.15, 0.2) is 6.20 Å². The van der Waals surface area contributed by atoms with Crippen molar-refractivity contribution in [1.29, 1.82) is 0 Å². The number of thiazole rings is 1. The number of thioether (sulfide) groups is 1. The lowest BCUT2D eigenvalue weighted by atomic mass is 9.81. The van der Waals surface area contributed by atoms with Crippen molar-refractivity contribution in [2.75, 3.05) is 24.7 Å². The highest BCUT2D eigenvalue weighted by atomic mass is 32.2. The van der Waals surface area contributed by atoms with Crippen LogP contribution in [0.25, 0.3) is 0 Å². The van der Waals surface area contributed by atoms with E-state index in [0.29, 0.717) is 12.0 Å². The van der Waals surface area contributed by atoms with Gasteiger partial charge < -0.3 is 10.1 Å². The zero-order valence-electron chi connectivity index (χ0n) is 13.1. The second-order valence-corrected chi connectivity index (χ2v) is 8.67. The molecule has 0 saturated carbocycles. The van der Waals surface area contributed by atoms with E-state index < -0.39 is 0 Å². The molecule has 1 N–H and O–H groups in total. The smallest absolute Gasteiger partial charge is 0.0897 e. The van der Waals surface area contributed by atoms with E-state index in [4.69, 9.17) is 4.74 Å². The minimum Gasteiger partial charge on any atom is -0.374 e. The molecule has 0 amide bonds. The molecule has 0 aromatic carbocycles. The third-order valence-corrected chi connectivity index (χ3v) is 6.85. The third-order valence-electron chi connectivity index (χ3n) is 4.63. The van der Waals surface area contributed by atoms with Gasteiger partial charge in [0.25, 0.3) is 0 Å². The SMILES string of the molecule is CCCNC(c1cnc(C)s1)C1CCOC2(CCSC2)C1. The monoisotopic (exact) mass is 326 g/mol. The summed E-state index contributed by atoms with van der Waals surface area (Å²) in [4.78, 5) is 5.88. The Hall–Kier alpha value is -0.100. The van der Waals surface area contributed by atoms with Gasteiger partial charge in [0, 0.05) is 29.5 Å². The summed E-state index contributed by atoms with van der Waals surface area (Å²) in [5.74, 6) is 3.13.